The predicted octanol–water partition coefficient (Wildman–Crippen LogP) is 4.38. The molecule has 1 aromatic heterocycles. The number of hydrogen-bond donors (Lipinski definition) is 1. The van der Waals surface area contributed by atoms with Gasteiger partial charge in [0.15, 0.2) is 0 Å². The third-order valence-electron chi connectivity index (χ3n) is 2.97. The Hall–Kier alpha value is -1.69. The molecule has 21 heavy (non-hydrogen) atoms. The number of benzene rings is 1. The highest BCUT2D eigenvalue weighted by molar-refractivity contribution is 7.99. The van der Waals surface area contributed by atoms with Gasteiger partial charge in [0.25, 0.3) is 0 Å². The summed E-state index contributed by atoms with van der Waals surface area (Å²) in [4.78, 5) is 9.11. The summed E-state index contributed by atoms with van der Waals surface area (Å²) >= 11 is 1.11. The molecule has 6 heteroatoms. The third kappa shape index (κ3) is 3.50. The number of aromatic nitrogens is 2. The lowest BCUT2D eigenvalue weighted by molar-refractivity contribution is 0.577. The first-order valence-electron chi connectivity index (χ1n) is 6.61. The van der Waals surface area contributed by atoms with Gasteiger partial charge in [0.1, 0.15) is 28.3 Å². The van der Waals surface area contributed by atoms with Crippen LogP contribution in [0.4, 0.5) is 14.6 Å². The van der Waals surface area contributed by atoms with Crippen molar-refractivity contribution < 1.29 is 8.78 Å². The van der Waals surface area contributed by atoms with E-state index < -0.39 is 11.6 Å². The lowest BCUT2D eigenvalue weighted by Gasteiger charge is -2.13. The second-order valence-corrected chi connectivity index (χ2v) is 5.97. The van der Waals surface area contributed by atoms with Crippen LogP contribution in [0.15, 0.2) is 28.1 Å². The van der Waals surface area contributed by atoms with Gasteiger partial charge in [-0.2, -0.15) is 0 Å². The summed E-state index contributed by atoms with van der Waals surface area (Å²) in [6.45, 7) is 5.83. The summed E-state index contributed by atoms with van der Waals surface area (Å²) in [5, 5.41) is 3.64. The second-order valence-electron chi connectivity index (χ2n) is 4.94. The maximum atomic E-state index is 13.8. The van der Waals surface area contributed by atoms with Crippen molar-refractivity contribution in [3.63, 3.8) is 0 Å². The molecule has 0 spiro atoms. The molecule has 2 aromatic rings. The molecule has 1 aromatic carbocycles. The van der Waals surface area contributed by atoms with Crippen LogP contribution in [-0.4, -0.2) is 17.0 Å². The standard InChI is InChI=1S/C15H17F2N3S/c1-8(2)13-19-14(18-4)9(3)15(20-13)21-12-7-10(16)5-6-11(12)17/h5-8H,1-4H3,(H,18,19,20). The highest BCUT2D eigenvalue weighted by Crippen LogP contribution is 2.34. The van der Waals surface area contributed by atoms with Crippen molar-refractivity contribution in [3.05, 3.63) is 41.2 Å². The largest absolute Gasteiger partial charge is 0.373 e. The van der Waals surface area contributed by atoms with E-state index in [1.165, 1.54) is 6.07 Å². The van der Waals surface area contributed by atoms with Gasteiger partial charge in [-0.25, -0.2) is 18.7 Å². The van der Waals surface area contributed by atoms with Gasteiger partial charge in [0, 0.05) is 18.5 Å². The molecule has 0 bridgehead atoms. The molecule has 112 valence electrons. The Morgan fingerprint density at radius 2 is 1.90 bits per heavy atom. The maximum Gasteiger partial charge on any atom is 0.137 e. The van der Waals surface area contributed by atoms with E-state index in [1.807, 2.05) is 20.8 Å². The van der Waals surface area contributed by atoms with Crippen LogP contribution in [0.3, 0.4) is 0 Å². The lowest BCUT2D eigenvalue weighted by atomic mass is 10.2. The van der Waals surface area contributed by atoms with Gasteiger partial charge in [0.05, 0.1) is 4.90 Å². The van der Waals surface area contributed by atoms with E-state index in [-0.39, 0.29) is 10.8 Å². The van der Waals surface area contributed by atoms with Crippen molar-refractivity contribution >= 4 is 17.6 Å². The van der Waals surface area contributed by atoms with Crippen LogP contribution in [-0.2, 0) is 0 Å². The number of rotatable bonds is 4. The summed E-state index contributed by atoms with van der Waals surface area (Å²) in [6.07, 6.45) is 0. The summed E-state index contributed by atoms with van der Waals surface area (Å²) in [5.41, 5.74) is 0.815. The average Bonchev–Trinajstić information content (AvgIpc) is 2.44. The Balaban J connectivity index is 2.47. The Bertz CT molecular complexity index is 660. The molecular weight excluding hydrogens is 292 g/mol. The first-order chi connectivity index (χ1) is 9.92. The van der Waals surface area contributed by atoms with E-state index in [2.05, 4.69) is 15.3 Å². The topological polar surface area (TPSA) is 37.8 Å². The van der Waals surface area contributed by atoms with Crippen LogP contribution in [0.1, 0.15) is 31.2 Å². The molecular formula is C15H17F2N3S. The van der Waals surface area contributed by atoms with Gasteiger partial charge in [-0.05, 0) is 25.1 Å². The normalized spacial score (nSPS) is 11.0. The number of nitrogens with one attached hydrogen (secondary N) is 1. The van der Waals surface area contributed by atoms with Gasteiger partial charge in [-0.15, -0.1) is 0 Å². The maximum absolute atomic E-state index is 13.8. The Labute approximate surface area is 127 Å². The van der Waals surface area contributed by atoms with Crippen LogP contribution < -0.4 is 5.32 Å². The van der Waals surface area contributed by atoms with E-state index in [9.17, 15) is 8.78 Å². The van der Waals surface area contributed by atoms with Crippen molar-refractivity contribution in [1.29, 1.82) is 0 Å². The molecule has 0 radical (unpaired) electrons. The Kier molecular flexibility index (Phi) is 4.77. The predicted molar refractivity (Wildman–Crippen MR) is 80.9 cm³/mol. The zero-order valence-corrected chi connectivity index (χ0v) is 13.2. The van der Waals surface area contributed by atoms with Gasteiger partial charge in [-0.1, -0.05) is 25.6 Å². The Morgan fingerprint density at radius 1 is 1.19 bits per heavy atom. The van der Waals surface area contributed by atoms with Crippen molar-refractivity contribution in [2.24, 2.45) is 0 Å². The highest BCUT2D eigenvalue weighted by Gasteiger charge is 2.15. The molecule has 1 heterocycles. The zero-order valence-electron chi connectivity index (χ0n) is 12.4. The molecule has 0 fully saturated rings. The number of nitrogens with zero attached hydrogens (tertiary/aromatic N) is 2. The molecule has 3 nitrogen and oxygen atoms in total. The molecule has 0 aliphatic rings. The zero-order chi connectivity index (χ0) is 15.6. The molecule has 0 amide bonds. The molecule has 2 rings (SSSR count). The van der Waals surface area contributed by atoms with Gasteiger partial charge >= 0.3 is 0 Å². The third-order valence-corrected chi connectivity index (χ3v) is 4.10. The fourth-order valence-corrected chi connectivity index (χ4v) is 2.71. The molecule has 0 aliphatic carbocycles. The van der Waals surface area contributed by atoms with E-state index in [1.54, 1.807) is 7.05 Å². The highest BCUT2D eigenvalue weighted by atomic mass is 32.2. The molecule has 0 saturated carbocycles. The number of anilines is 1. The summed E-state index contributed by atoms with van der Waals surface area (Å²) < 4.78 is 27.1. The average molecular weight is 309 g/mol. The molecule has 0 unspecified atom stereocenters. The first-order valence-corrected chi connectivity index (χ1v) is 7.43. The summed E-state index contributed by atoms with van der Waals surface area (Å²) in [6, 6.07) is 3.40. The molecule has 1 N–H and O–H groups in total. The monoisotopic (exact) mass is 309 g/mol. The van der Waals surface area contributed by atoms with E-state index in [0.717, 1.165) is 29.5 Å². The van der Waals surface area contributed by atoms with Crippen LogP contribution in [0, 0.1) is 18.6 Å². The fraction of sp³-hybridized carbons (Fsp3) is 0.333. The summed E-state index contributed by atoms with van der Waals surface area (Å²) in [5.74, 6) is 0.590. The number of halogens is 2. The number of hydrogen-bond acceptors (Lipinski definition) is 4. The van der Waals surface area contributed by atoms with Crippen LogP contribution in [0.5, 0.6) is 0 Å². The van der Waals surface area contributed by atoms with Gasteiger partial charge in [-0.3, -0.25) is 0 Å². The summed E-state index contributed by atoms with van der Waals surface area (Å²) in [7, 11) is 1.77. The van der Waals surface area contributed by atoms with Gasteiger partial charge < -0.3 is 5.32 Å². The quantitative estimate of drug-likeness (QED) is 0.851. The smallest absolute Gasteiger partial charge is 0.137 e. The van der Waals surface area contributed by atoms with E-state index in [0.29, 0.717) is 16.7 Å². The van der Waals surface area contributed by atoms with E-state index in [4.69, 9.17) is 0 Å². The van der Waals surface area contributed by atoms with Crippen molar-refractivity contribution in [2.75, 3.05) is 12.4 Å². The van der Waals surface area contributed by atoms with Crippen LogP contribution >= 0.6 is 11.8 Å². The Morgan fingerprint density at radius 3 is 2.52 bits per heavy atom. The van der Waals surface area contributed by atoms with E-state index >= 15 is 0 Å². The van der Waals surface area contributed by atoms with Crippen molar-refractivity contribution in [3.8, 4) is 0 Å². The van der Waals surface area contributed by atoms with Crippen LogP contribution in [0.25, 0.3) is 0 Å². The minimum absolute atomic E-state index is 0.148. The first kappa shape index (κ1) is 15.7. The molecule has 0 atom stereocenters. The van der Waals surface area contributed by atoms with Crippen LogP contribution in [0.2, 0.25) is 0 Å². The molecule has 0 saturated heterocycles. The van der Waals surface area contributed by atoms with Crippen molar-refractivity contribution in [2.45, 2.75) is 36.6 Å². The minimum Gasteiger partial charge on any atom is -0.373 e. The molecule has 0 aliphatic heterocycles. The minimum atomic E-state index is -0.469. The lowest BCUT2D eigenvalue weighted by Crippen LogP contribution is -2.06. The van der Waals surface area contributed by atoms with Crippen molar-refractivity contribution in [1.82, 2.24) is 9.97 Å². The van der Waals surface area contributed by atoms with Gasteiger partial charge in [0.2, 0.25) is 0 Å². The second kappa shape index (κ2) is 6.39. The fourth-order valence-electron chi connectivity index (χ4n) is 1.77. The SMILES string of the molecule is CNc1nc(C(C)C)nc(Sc2cc(F)ccc2F)c1C.